The molecule has 1 fully saturated rings. The van der Waals surface area contributed by atoms with E-state index >= 15 is 0 Å². The fourth-order valence-electron chi connectivity index (χ4n) is 4.50. The predicted molar refractivity (Wildman–Crippen MR) is 92.8 cm³/mol. The average molecular weight is 286 g/mol. The molecule has 0 saturated heterocycles. The lowest BCUT2D eigenvalue weighted by Gasteiger charge is -2.40. The largest absolute Gasteiger partial charge is 0.0833 e. The number of allylic oxidation sites excluding steroid dienone is 4. The predicted octanol–water partition coefficient (Wildman–Crippen LogP) is 5.66. The minimum Gasteiger partial charge on any atom is -0.0833 e. The molecule has 1 unspecified atom stereocenters. The highest BCUT2D eigenvalue weighted by Gasteiger charge is 2.44. The summed E-state index contributed by atoms with van der Waals surface area (Å²) in [6.45, 7) is 0. The monoisotopic (exact) mass is 286 g/mol. The zero-order chi connectivity index (χ0) is 14.8. The first-order valence-corrected chi connectivity index (χ1v) is 8.38. The molecule has 0 amide bonds. The minimum atomic E-state index is 0.0951. The molecule has 1 atom stereocenters. The first-order chi connectivity index (χ1) is 10.9. The molecule has 1 saturated carbocycles. The van der Waals surface area contributed by atoms with E-state index in [1.54, 1.807) is 5.57 Å². The second kappa shape index (κ2) is 5.61. The van der Waals surface area contributed by atoms with Crippen molar-refractivity contribution in [2.75, 3.05) is 0 Å². The second-order valence-corrected chi connectivity index (χ2v) is 6.52. The highest BCUT2D eigenvalue weighted by atomic mass is 14.5. The van der Waals surface area contributed by atoms with Crippen LogP contribution in [0.4, 0.5) is 0 Å². The molecule has 2 aromatic carbocycles. The highest BCUT2D eigenvalue weighted by molar-refractivity contribution is 5.46. The van der Waals surface area contributed by atoms with Crippen LogP contribution in [-0.2, 0) is 5.41 Å². The zero-order valence-corrected chi connectivity index (χ0v) is 12.9. The van der Waals surface area contributed by atoms with Crippen molar-refractivity contribution in [3.8, 4) is 0 Å². The van der Waals surface area contributed by atoms with E-state index in [2.05, 4.69) is 78.9 Å². The molecule has 0 aliphatic heterocycles. The van der Waals surface area contributed by atoms with Gasteiger partial charge in [-0.05, 0) is 42.7 Å². The second-order valence-electron chi connectivity index (χ2n) is 6.52. The summed E-state index contributed by atoms with van der Waals surface area (Å²) in [5.74, 6) is 0.632. The van der Waals surface area contributed by atoms with Crippen LogP contribution in [0.3, 0.4) is 0 Å². The summed E-state index contributed by atoms with van der Waals surface area (Å²) in [6, 6.07) is 22.3. The molecule has 0 N–H and O–H groups in total. The Balaban J connectivity index is 1.97. The van der Waals surface area contributed by atoms with Crippen LogP contribution in [-0.4, -0.2) is 0 Å². The normalized spacial score (nSPS) is 22.7. The number of hydrogen-bond acceptors (Lipinski definition) is 0. The Morgan fingerprint density at radius 3 is 2.09 bits per heavy atom. The van der Waals surface area contributed by atoms with Gasteiger partial charge in [0.25, 0.3) is 0 Å². The summed E-state index contributed by atoms with van der Waals surface area (Å²) < 4.78 is 0. The van der Waals surface area contributed by atoms with Crippen molar-refractivity contribution < 1.29 is 0 Å². The molecule has 0 heterocycles. The Kier molecular flexibility index (Phi) is 3.46. The summed E-state index contributed by atoms with van der Waals surface area (Å²) in [5.41, 5.74) is 4.66. The summed E-state index contributed by atoms with van der Waals surface area (Å²) >= 11 is 0. The summed E-state index contributed by atoms with van der Waals surface area (Å²) in [7, 11) is 0. The van der Waals surface area contributed by atoms with Gasteiger partial charge in [0.2, 0.25) is 0 Å². The van der Waals surface area contributed by atoms with Gasteiger partial charge in [-0.3, -0.25) is 0 Å². The molecule has 4 rings (SSSR count). The molecule has 0 aromatic heterocycles. The van der Waals surface area contributed by atoms with Crippen LogP contribution < -0.4 is 0 Å². The van der Waals surface area contributed by atoms with Crippen molar-refractivity contribution in [2.24, 2.45) is 5.92 Å². The number of fused-ring (bicyclic) bond motifs is 1. The van der Waals surface area contributed by atoms with Gasteiger partial charge >= 0.3 is 0 Å². The maximum atomic E-state index is 2.38. The molecule has 2 aromatic rings. The Hall–Kier alpha value is -2.08. The molecule has 2 aliphatic carbocycles. The average Bonchev–Trinajstić information content (AvgIpc) is 2.98. The molecule has 110 valence electrons. The quantitative estimate of drug-likeness (QED) is 0.668. The molecule has 22 heavy (non-hydrogen) atoms. The molecule has 0 heteroatoms. The SMILES string of the molecule is C1=CCC(c2ccccc2)(c2ccccc2)C2CCCC2=C1. The van der Waals surface area contributed by atoms with Crippen molar-refractivity contribution >= 4 is 0 Å². The van der Waals surface area contributed by atoms with Crippen molar-refractivity contribution in [2.45, 2.75) is 31.1 Å². The Labute approximate surface area is 133 Å². The smallest absolute Gasteiger partial charge is 0.0302 e. The van der Waals surface area contributed by atoms with Crippen molar-refractivity contribution in [3.63, 3.8) is 0 Å². The van der Waals surface area contributed by atoms with Crippen LogP contribution in [0.5, 0.6) is 0 Å². The summed E-state index contributed by atoms with van der Waals surface area (Å²) in [6.07, 6.45) is 12.0. The lowest BCUT2D eigenvalue weighted by atomic mass is 9.62. The van der Waals surface area contributed by atoms with E-state index in [1.165, 1.54) is 30.4 Å². The van der Waals surface area contributed by atoms with Crippen LogP contribution in [0.2, 0.25) is 0 Å². The van der Waals surface area contributed by atoms with Gasteiger partial charge in [-0.15, -0.1) is 0 Å². The first-order valence-electron chi connectivity index (χ1n) is 8.38. The summed E-state index contributed by atoms with van der Waals surface area (Å²) in [5, 5.41) is 0. The summed E-state index contributed by atoms with van der Waals surface area (Å²) in [4.78, 5) is 0. The van der Waals surface area contributed by atoms with E-state index in [0.29, 0.717) is 5.92 Å². The molecule has 0 bridgehead atoms. The van der Waals surface area contributed by atoms with E-state index in [-0.39, 0.29) is 5.41 Å². The third kappa shape index (κ3) is 2.06. The lowest BCUT2D eigenvalue weighted by Crippen LogP contribution is -2.35. The maximum Gasteiger partial charge on any atom is 0.0302 e. The van der Waals surface area contributed by atoms with Gasteiger partial charge in [0.05, 0.1) is 0 Å². The van der Waals surface area contributed by atoms with Crippen LogP contribution in [0.25, 0.3) is 0 Å². The molecular weight excluding hydrogens is 264 g/mol. The fraction of sp³-hybridized carbons (Fsp3) is 0.273. The van der Waals surface area contributed by atoms with Gasteiger partial charge in [0.1, 0.15) is 0 Å². The first kappa shape index (κ1) is 13.6. The standard InChI is InChI=1S/C22H22/c1-3-12-19(13-4-1)22(20-14-5-2-6-15-20)17-8-7-10-18-11-9-16-21(18)22/h1-8,10,12-15,21H,9,11,16-17H2. The van der Waals surface area contributed by atoms with E-state index in [4.69, 9.17) is 0 Å². The van der Waals surface area contributed by atoms with E-state index in [1.807, 2.05) is 0 Å². The Bertz CT molecular complexity index is 652. The van der Waals surface area contributed by atoms with Gasteiger partial charge in [0.15, 0.2) is 0 Å². The van der Waals surface area contributed by atoms with E-state index in [9.17, 15) is 0 Å². The molecule has 0 nitrogen and oxygen atoms in total. The van der Waals surface area contributed by atoms with Crippen molar-refractivity contribution in [1.82, 2.24) is 0 Å². The highest BCUT2D eigenvalue weighted by Crippen LogP contribution is 2.52. The van der Waals surface area contributed by atoms with Gasteiger partial charge < -0.3 is 0 Å². The minimum absolute atomic E-state index is 0.0951. The van der Waals surface area contributed by atoms with E-state index < -0.39 is 0 Å². The van der Waals surface area contributed by atoms with Gasteiger partial charge in [-0.25, -0.2) is 0 Å². The number of benzene rings is 2. The number of rotatable bonds is 2. The Morgan fingerprint density at radius 2 is 1.45 bits per heavy atom. The van der Waals surface area contributed by atoms with E-state index in [0.717, 1.165) is 6.42 Å². The van der Waals surface area contributed by atoms with Gasteiger partial charge in [-0.2, -0.15) is 0 Å². The molecule has 0 radical (unpaired) electrons. The molecular formula is C22H22. The molecule has 0 spiro atoms. The third-order valence-electron chi connectivity index (χ3n) is 5.46. The maximum absolute atomic E-state index is 2.38. The van der Waals surface area contributed by atoms with Crippen LogP contribution in [0.1, 0.15) is 36.8 Å². The topological polar surface area (TPSA) is 0 Å². The van der Waals surface area contributed by atoms with Crippen molar-refractivity contribution in [3.05, 3.63) is 95.6 Å². The zero-order valence-electron chi connectivity index (χ0n) is 12.9. The molecule has 2 aliphatic rings. The van der Waals surface area contributed by atoms with Crippen LogP contribution >= 0.6 is 0 Å². The lowest BCUT2D eigenvalue weighted by molar-refractivity contribution is 0.375. The third-order valence-corrected chi connectivity index (χ3v) is 5.46. The number of hydrogen-bond donors (Lipinski definition) is 0. The Morgan fingerprint density at radius 1 is 0.818 bits per heavy atom. The van der Waals surface area contributed by atoms with Gasteiger partial charge in [-0.1, -0.05) is 84.5 Å². The van der Waals surface area contributed by atoms with Crippen LogP contribution in [0, 0.1) is 5.92 Å². The van der Waals surface area contributed by atoms with Crippen LogP contribution in [0.15, 0.2) is 84.5 Å². The fourth-order valence-corrected chi connectivity index (χ4v) is 4.50. The van der Waals surface area contributed by atoms with Crippen molar-refractivity contribution in [1.29, 1.82) is 0 Å². The van der Waals surface area contributed by atoms with Gasteiger partial charge in [0, 0.05) is 5.41 Å².